The predicted octanol–water partition coefficient (Wildman–Crippen LogP) is 2.20. The van der Waals surface area contributed by atoms with Crippen molar-refractivity contribution in [3.8, 4) is 0 Å². The topological polar surface area (TPSA) is 46.3 Å². The Morgan fingerprint density at radius 3 is 2.87 bits per heavy atom. The first-order valence-corrected chi connectivity index (χ1v) is 6.15. The first kappa shape index (κ1) is 10.5. The Bertz CT molecular complexity index is 357. The standard InChI is InChI=1S/C11H16N2OS/c1-13(7-8-3-2-4-8)11(14)10-9(12)5-6-15-10/h5-6,8H,2-4,7,12H2,1H3. The number of rotatable bonds is 3. The van der Waals surface area contributed by atoms with Crippen LogP contribution in [0.2, 0.25) is 0 Å². The molecule has 0 radical (unpaired) electrons. The van der Waals surface area contributed by atoms with Gasteiger partial charge in [0.25, 0.3) is 5.91 Å². The molecule has 3 nitrogen and oxygen atoms in total. The van der Waals surface area contributed by atoms with Crippen molar-refractivity contribution in [2.75, 3.05) is 19.3 Å². The van der Waals surface area contributed by atoms with Crippen LogP contribution < -0.4 is 5.73 Å². The van der Waals surface area contributed by atoms with Crippen LogP contribution in [-0.2, 0) is 0 Å². The van der Waals surface area contributed by atoms with Crippen LogP contribution in [0.1, 0.15) is 28.9 Å². The number of nitrogens with two attached hydrogens (primary N) is 1. The number of anilines is 1. The minimum absolute atomic E-state index is 0.0643. The number of thiophene rings is 1. The molecule has 0 bridgehead atoms. The lowest BCUT2D eigenvalue weighted by atomic mass is 9.85. The molecule has 0 aromatic carbocycles. The highest BCUT2D eigenvalue weighted by Crippen LogP contribution is 2.28. The monoisotopic (exact) mass is 224 g/mol. The minimum Gasteiger partial charge on any atom is -0.397 e. The second-order valence-electron chi connectivity index (χ2n) is 4.19. The van der Waals surface area contributed by atoms with Gasteiger partial charge in [0.1, 0.15) is 4.88 Å². The van der Waals surface area contributed by atoms with Crippen molar-refractivity contribution in [2.24, 2.45) is 5.92 Å². The maximum absolute atomic E-state index is 12.0. The van der Waals surface area contributed by atoms with E-state index in [1.54, 1.807) is 11.0 Å². The maximum Gasteiger partial charge on any atom is 0.265 e. The molecule has 1 aliphatic rings. The summed E-state index contributed by atoms with van der Waals surface area (Å²) in [5.41, 5.74) is 6.32. The Kier molecular flexibility index (Phi) is 2.95. The van der Waals surface area contributed by atoms with Crippen molar-refractivity contribution in [2.45, 2.75) is 19.3 Å². The number of carbonyl (C=O) groups is 1. The molecule has 1 aromatic rings. The second kappa shape index (κ2) is 4.23. The lowest BCUT2D eigenvalue weighted by Crippen LogP contribution is -2.34. The molecule has 1 saturated carbocycles. The molecule has 0 atom stereocenters. The van der Waals surface area contributed by atoms with E-state index in [1.807, 2.05) is 12.4 Å². The van der Waals surface area contributed by atoms with E-state index in [1.165, 1.54) is 30.6 Å². The number of amides is 1. The van der Waals surface area contributed by atoms with Gasteiger partial charge in [-0.3, -0.25) is 4.79 Å². The molecule has 1 fully saturated rings. The van der Waals surface area contributed by atoms with Crippen LogP contribution in [0, 0.1) is 5.92 Å². The number of hydrogen-bond donors (Lipinski definition) is 1. The van der Waals surface area contributed by atoms with Crippen molar-refractivity contribution in [1.82, 2.24) is 4.90 Å². The summed E-state index contributed by atoms with van der Waals surface area (Å²) in [4.78, 5) is 14.4. The van der Waals surface area contributed by atoms with Gasteiger partial charge in [0.15, 0.2) is 0 Å². The molecule has 1 amide bonds. The van der Waals surface area contributed by atoms with Crippen molar-refractivity contribution in [3.63, 3.8) is 0 Å². The minimum atomic E-state index is 0.0643. The van der Waals surface area contributed by atoms with E-state index >= 15 is 0 Å². The maximum atomic E-state index is 12.0. The summed E-state index contributed by atoms with van der Waals surface area (Å²) >= 11 is 1.42. The van der Waals surface area contributed by atoms with Crippen molar-refractivity contribution < 1.29 is 4.79 Å². The molecular formula is C11H16N2OS. The molecule has 0 spiro atoms. The lowest BCUT2D eigenvalue weighted by molar-refractivity contribution is 0.0751. The molecule has 2 rings (SSSR count). The van der Waals surface area contributed by atoms with Crippen LogP contribution in [0.5, 0.6) is 0 Å². The molecule has 82 valence electrons. The van der Waals surface area contributed by atoms with Gasteiger partial charge < -0.3 is 10.6 Å². The molecule has 4 heteroatoms. The first-order chi connectivity index (χ1) is 7.18. The van der Waals surface area contributed by atoms with E-state index in [-0.39, 0.29) is 5.91 Å². The van der Waals surface area contributed by atoms with E-state index in [2.05, 4.69) is 0 Å². The third kappa shape index (κ3) is 2.15. The van der Waals surface area contributed by atoms with Crippen LogP contribution in [0.4, 0.5) is 5.69 Å². The molecule has 1 heterocycles. The molecule has 0 aliphatic heterocycles. The van der Waals surface area contributed by atoms with Crippen LogP contribution in [0.3, 0.4) is 0 Å². The van der Waals surface area contributed by atoms with Crippen molar-refractivity contribution in [3.05, 3.63) is 16.3 Å². The fourth-order valence-electron chi connectivity index (χ4n) is 1.81. The number of hydrogen-bond acceptors (Lipinski definition) is 3. The summed E-state index contributed by atoms with van der Waals surface area (Å²) in [6, 6.07) is 1.79. The summed E-state index contributed by atoms with van der Waals surface area (Å²) in [5, 5.41) is 1.86. The molecule has 2 N–H and O–H groups in total. The van der Waals surface area contributed by atoms with E-state index in [0.717, 1.165) is 6.54 Å². The summed E-state index contributed by atoms with van der Waals surface area (Å²) in [5.74, 6) is 0.773. The van der Waals surface area contributed by atoms with Crippen LogP contribution in [0.25, 0.3) is 0 Å². The Balaban J connectivity index is 1.97. The summed E-state index contributed by atoms with van der Waals surface area (Å²) < 4.78 is 0. The van der Waals surface area contributed by atoms with Gasteiger partial charge in [-0.15, -0.1) is 11.3 Å². The van der Waals surface area contributed by atoms with E-state index in [4.69, 9.17) is 5.73 Å². The Hall–Kier alpha value is -1.03. The van der Waals surface area contributed by atoms with Crippen molar-refractivity contribution in [1.29, 1.82) is 0 Å². The van der Waals surface area contributed by atoms with Gasteiger partial charge in [-0.25, -0.2) is 0 Å². The lowest BCUT2D eigenvalue weighted by Gasteiger charge is -2.30. The Morgan fingerprint density at radius 2 is 2.40 bits per heavy atom. The third-order valence-corrected chi connectivity index (χ3v) is 3.91. The SMILES string of the molecule is CN(CC1CCC1)C(=O)c1sccc1N. The highest BCUT2D eigenvalue weighted by atomic mass is 32.1. The normalized spacial score (nSPS) is 16.1. The summed E-state index contributed by atoms with van der Waals surface area (Å²) in [6.07, 6.45) is 3.84. The van der Waals surface area contributed by atoms with E-state index in [0.29, 0.717) is 16.5 Å². The predicted molar refractivity (Wildman–Crippen MR) is 63.0 cm³/mol. The van der Waals surface area contributed by atoms with Gasteiger partial charge >= 0.3 is 0 Å². The average molecular weight is 224 g/mol. The first-order valence-electron chi connectivity index (χ1n) is 5.27. The summed E-state index contributed by atoms with van der Waals surface area (Å²) in [6.45, 7) is 0.871. The highest BCUT2D eigenvalue weighted by molar-refractivity contribution is 7.12. The van der Waals surface area contributed by atoms with Gasteiger partial charge in [0.05, 0.1) is 5.69 Å². The number of nitrogens with zero attached hydrogens (tertiary/aromatic N) is 1. The van der Waals surface area contributed by atoms with Gasteiger partial charge in [-0.1, -0.05) is 6.42 Å². The zero-order valence-electron chi connectivity index (χ0n) is 8.90. The molecule has 1 aromatic heterocycles. The Morgan fingerprint density at radius 1 is 1.67 bits per heavy atom. The number of carbonyl (C=O) groups excluding carboxylic acids is 1. The molecule has 0 saturated heterocycles. The molecular weight excluding hydrogens is 208 g/mol. The van der Waals surface area contributed by atoms with Crippen LogP contribution in [-0.4, -0.2) is 24.4 Å². The fourth-order valence-corrected chi connectivity index (χ4v) is 2.62. The Labute approximate surface area is 93.9 Å². The third-order valence-electron chi connectivity index (χ3n) is 2.99. The van der Waals surface area contributed by atoms with Crippen LogP contribution in [0.15, 0.2) is 11.4 Å². The number of nitrogen functional groups attached to an aromatic ring is 1. The van der Waals surface area contributed by atoms with Gasteiger partial charge in [0, 0.05) is 13.6 Å². The van der Waals surface area contributed by atoms with E-state index < -0.39 is 0 Å². The van der Waals surface area contributed by atoms with Gasteiger partial charge in [-0.05, 0) is 30.2 Å². The highest BCUT2D eigenvalue weighted by Gasteiger charge is 2.23. The zero-order valence-corrected chi connectivity index (χ0v) is 9.72. The van der Waals surface area contributed by atoms with Gasteiger partial charge in [0.2, 0.25) is 0 Å². The molecule has 15 heavy (non-hydrogen) atoms. The van der Waals surface area contributed by atoms with Crippen molar-refractivity contribution >= 4 is 22.9 Å². The zero-order chi connectivity index (χ0) is 10.8. The smallest absolute Gasteiger partial charge is 0.265 e. The quantitative estimate of drug-likeness (QED) is 0.855. The second-order valence-corrected chi connectivity index (χ2v) is 5.10. The molecule has 1 aliphatic carbocycles. The molecule has 0 unspecified atom stereocenters. The summed E-state index contributed by atoms with van der Waals surface area (Å²) in [7, 11) is 1.86. The van der Waals surface area contributed by atoms with Crippen LogP contribution >= 0.6 is 11.3 Å². The van der Waals surface area contributed by atoms with Gasteiger partial charge in [-0.2, -0.15) is 0 Å². The average Bonchev–Trinajstić information content (AvgIpc) is 2.56. The largest absolute Gasteiger partial charge is 0.397 e. The fraction of sp³-hybridized carbons (Fsp3) is 0.545. The van der Waals surface area contributed by atoms with E-state index in [9.17, 15) is 4.79 Å².